The van der Waals surface area contributed by atoms with Crippen LogP contribution in [0.4, 0.5) is 0 Å². The number of carbonyl (C=O) groups is 1. The molecule has 0 saturated heterocycles. The van der Waals surface area contributed by atoms with Crippen LogP contribution in [-0.2, 0) is 12.8 Å². The molecule has 0 radical (unpaired) electrons. The average Bonchev–Trinajstić information content (AvgIpc) is 2.48. The van der Waals surface area contributed by atoms with Crippen molar-refractivity contribution in [2.45, 2.75) is 19.3 Å². The van der Waals surface area contributed by atoms with Gasteiger partial charge in [-0.25, -0.2) is 0 Å². The number of aromatic amines is 1. The van der Waals surface area contributed by atoms with Crippen LogP contribution in [0.15, 0.2) is 10.9 Å². The van der Waals surface area contributed by atoms with Crippen LogP contribution < -0.4 is 11.3 Å². The van der Waals surface area contributed by atoms with Crippen LogP contribution in [0.5, 0.6) is 0 Å². The summed E-state index contributed by atoms with van der Waals surface area (Å²) >= 11 is 0. The molecule has 2 rings (SSSR count). The van der Waals surface area contributed by atoms with Gasteiger partial charge in [0.15, 0.2) is 0 Å². The molecule has 0 bridgehead atoms. The van der Waals surface area contributed by atoms with Crippen LogP contribution >= 0.6 is 0 Å². The number of fused-ring (bicyclic) bond motifs is 1. The van der Waals surface area contributed by atoms with E-state index >= 15 is 0 Å². The Balaban J connectivity index is 2.62. The molecule has 0 unspecified atom stereocenters. The Hall–Kier alpha value is -1.58. The van der Waals surface area contributed by atoms with Gasteiger partial charge in [-0.05, 0) is 30.9 Å². The summed E-state index contributed by atoms with van der Waals surface area (Å²) in [5.74, 6) is -0.657. The first-order valence-electron chi connectivity index (χ1n) is 4.23. The molecule has 1 amide bonds. The first-order chi connectivity index (χ1) is 6.18. The summed E-state index contributed by atoms with van der Waals surface area (Å²) in [6, 6.07) is 1.61. The Morgan fingerprint density at radius 3 is 2.92 bits per heavy atom. The predicted octanol–water partition coefficient (Wildman–Crippen LogP) is -0.0375. The van der Waals surface area contributed by atoms with Crippen molar-refractivity contribution in [1.82, 2.24) is 4.98 Å². The zero-order valence-corrected chi connectivity index (χ0v) is 7.09. The number of amides is 1. The summed E-state index contributed by atoms with van der Waals surface area (Å²) in [4.78, 5) is 24.8. The molecule has 0 aliphatic heterocycles. The molecule has 4 heteroatoms. The lowest BCUT2D eigenvalue weighted by Crippen LogP contribution is -2.24. The van der Waals surface area contributed by atoms with E-state index in [-0.39, 0.29) is 11.1 Å². The predicted molar refractivity (Wildman–Crippen MR) is 47.6 cm³/mol. The summed E-state index contributed by atoms with van der Waals surface area (Å²) in [6.45, 7) is 0. The smallest absolute Gasteiger partial charge is 0.261 e. The van der Waals surface area contributed by atoms with Gasteiger partial charge in [-0.1, -0.05) is 0 Å². The van der Waals surface area contributed by atoms with Crippen molar-refractivity contribution in [3.8, 4) is 0 Å². The Morgan fingerprint density at radius 2 is 2.23 bits per heavy atom. The zero-order valence-electron chi connectivity index (χ0n) is 7.09. The molecule has 13 heavy (non-hydrogen) atoms. The Morgan fingerprint density at radius 1 is 1.46 bits per heavy atom. The maximum atomic E-state index is 11.3. The molecular weight excluding hydrogens is 168 g/mol. The second-order valence-electron chi connectivity index (χ2n) is 3.23. The molecule has 4 nitrogen and oxygen atoms in total. The Kier molecular flexibility index (Phi) is 1.69. The quantitative estimate of drug-likeness (QED) is 0.633. The SMILES string of the molecule is NC(=O)c1cc2c([nH]c1=O)CCC2. The standard InChI is InChI=1S/C9H10N2O2/c10-8(12)6-4-5-2-1-3-7(5)11-9(6)13/h4H,1-3H2,(H2,10,12)(H,11,13). The maximum Gasteiger partial charge on any atom is 0.261 e. The lowest BCUT2D eigenvalue weighted by molar-refractivity contribution is 0.0999. The van der Waals surface area contributed by atoms with Crippen LogP contribution in [0.1, 0.15) is 28.0 Å². The molecule has 1 aromatic heterocycles. The van der Waals surface area contributed by atoms with Gasteiger partial charge in [0, 0.05) is 5.69 Å². The highest BCUT2D eigenvalue weighted by atomic mass is 16.2. The molecule has 3 N–H and O–H groups in total. The molecule has 68 valence electrons. The van der Waals surface area contributed by atoms with Crippen LogP contribution in [0.25, 0.3) is 0 Å². The Bertz CT molecular complexity index is 420. The largest absolute Gasteiger partial charge is 0.365 e. The first-order valence-corrected chi connectivity index (χ1v) is 4.23. The van der Waals surface area contributed by atoms with Crippen LogP contribution in [-0.4, -0.2) is 10.9 Å². The minimum absolute atomic E-state index is 0.0700. The second-order valence-corrected chi connectivity index (χ2v) is 3.23. The van der Waals surface area contributed by atoms with Gasteiger partial charge in [-0.15, -0.1) is 0 Å². The van der Waals surface area contributed by atoms with Crippen LogP contribution in [0, 0.1) is 0 Å². The maximum absolute atomic E-state index is 11.3. The molecule has 0 aromatic carbocycles. The van der Waals surface area contributed by atoms with Gasteiger partial charge in [0.1, 0.15) is 5.56 Å². The summed E-state index contributed by atoms with van der Waals surface area (Å²) < 4.78 is 0. The second kappa shape index (κ2) is 2.73. The first kappa shape index (κ1) is 8.04. The summed E-state index contributed by atoms with van der Waals surface area (Å²) in [5.41, 5.74) is 6.76. The van der Waals surface area contributed by atoms with Gasteiger partial charge in [-0.2, -0.15) is 0 Å². The van der Waals surface area contributed by atoms with Crippen molar-refractivity contribution in [2.24, 2.45) is 5.73 Å². The number of aromatic nitrogens is 1. The number of hydrogen-bond acceptors (Lipinski definition) is 2. The minimum Gasteiger partial charge on any atom is -0.365 e. The average molecular weight is 178 g/mol. The number of nitrogens with one attached hydrogen (secondary N) is 1. The fourth-order valence-corrected chi connectivity index (χ4v) is 1.70. The highest BCUT2D eigenvalue weighted by molar-refractivity contribution is 5.92. The molecule has 0 fully saturated rings. The Labute approximate surface area is 74.8 Å². The number of carbonyl (C=O) groups excluding carboxylic acids is 1. The van der Waals surface area contributed by atoms with E-state index in [9.17, 15) is 9.59 Å². The molecule has 1 heterocycles. The number of nitrogens with two attached hydrogens (primary N) is 1. The molecule has 1 aliphatic carbocycles. The number of primary amides is 1. The van der Waals surface area contributed by atoms with E-state index in [0.717, 1.165) is 30.5 Å². The van der Waals surface area contributed by atoms with E-state index in [1.54, 1.807) is 6.07 Å². The lowest BCUT2D eigenvalue weighted by atomic mass is 10.1. The third-order valence-corrected chi connectivity index (χ3v) is 2.35. The number of pyridine rings is 1. The van der Waals surface area contributed by atoms with Gasteiger partial charge in [-0.3, -0.25) is 9.59 Å². The zero-order chi connectivity index (χ0) is 9.42. The van der Waals surface area contributed by atoms with Crippen LogP contribution in [0.2, 0.25) is 0 Å². The van der Waals surface area contributed by atoms with Crippen LogP contribution in [0.3, 0.4) is 0 Å². The number of rotatable bonds is 1. The van der Waals surface area contributed by atoms with Gasteiger partial charge in [0.25, 0.3) is 11.5 Å². The van der Waals surface area contributed by atoms with E-state index in [1.807, 2.05) is 0 Å². The normalized spacial score (nSPS) is 14.2. The molecule has 0 spiro atoms. The van der Waals surface area contributed by atoms with E-state index in [1.165, 1.54) is 0 Å². The van der Waals surface area contributed by atoms with Crippen molar-refractivity contribution in [2.75, 3.05) is 0 Å². The van der Waals surface area contributed by atoms with Gasteiger partial charge in [0.2, 0.25) is 0 Å². The van der Waals surface area contributed by atoms with Crippen molar-refractivity contribution < 1.29 is 4.79 Å². The third-order valence-electron chi connectivity index (χ3n) is 2.35. The molecule has 0 saturated carbocycles. The lowest BCUT2D eigenvalue weighted by Gasteiger charge is -2.00. The highest BCUT2D eigenvalue weighted by Gasteiger charge is 2.15. The fourth-order valence-electron chi connectivity index (χ4n) is 1.70. The summed E-state index contributed by atoms with van der Waals surface area (Å²) in [6.07, 6.45) is 2.85. The molecule has 1 aromatic rings. The van der Waals surface area contributed by atoms with Gasteiger partial charge in [0.05, 0.1) is 0 Å². The highest BCUT2D eigenvalue weighted by Crippen LogP contribution is 2.18. The number of hydrogen-bond donors (Lipinski definition) is 2. The van der Waals surface area contributed by atoms with Crippen molar-refractivity contribution in [1.29, 1.82) is 0 Å². The van der Waals surface area contributed by atoms with Gasteiger partial charge >= 0.3 is 0 Å². The number of H-pyrrole nitrogens is 1. The van der Waals surface area contributed by atoms with Crippen molar-refractivity contribution >= 4 is 5.91 Å². The van der Waals surface area contributed by atoms with E-state index < -0.39 is 5.91 Å². The van der Waals surface area contributed by atoms with Crippen molar-refractivity contribution in [3.05, 3.63) is 33.2 Å². The van der Waals surface area contributed by atoms with E-state index in [2.05, 4.69) is 4.98 Å². The molecular formula is C9H10N2O2. The molecule has 1 aliphatic rings. The van der Waals surface area contributed by atoms with Gasteiger partial charge < -0.3 is 10.7 Å². The topological polar surface area (TPSA) is 76.0 Å². The summed E-state index contributed by atoms with van der Waals surface area (Å²) in [7, 11) is 0. The monoisotopic (exact) mass is 178 g/mol. The van der Waals surface area contributed by atoms with Crippen molar-refractivity contribution in [3.63, 3.8) is 0 Å². The van der Waals surface area contributed by atoms with E-state index in [0.29, 0.717) is 0 Å². The van der Waals surface area contributed by atoms with E-state index in [4.69, 9.17) is 5.73 Å². The third kappa shape index (κ3) is 1.24. The minimum atomic E-state index is -0.657. The fraction of sp³-hybridized carbons (Fsp3) is 0.333. The summed E-state index contributed by atoms with van der Waals surface area (Å²) in [5, 5.41) is 0. The molecule has 0 atom stereocenters. The number of aryl methyl sites for hydroxylation is 2.